The summed E-state index contributed by atoms with van der Waals surface area (Å²) in [6, 6.07) is 0. The molecule has 0 bridgehead atoms. The molecular formula is C6H14O3. The van der Waals surface area contributed by atoms with Gasteiger partial charge in [0.05, 0.1) is 0 Å². The van der Waals surface area contributed by atoms with Gasteiger partial charge in [0.15, 0.2) is 5.79 Å². The van der Waals surface area contributed by atoms with Gasteiger partial charge in [0, 0.05) is 6.42 Å². The highest BCUT2D eigenvalue weighted by molar-refractivity contribution is 4.69. The summed E-state index contributed by atoms with van der Waals surface area (Å²) in [6.45, 7) is 3.18. The number of aliphatic hydroxyl groups is 3. The lowest BCUT2D eigenvalue weighted by Crippen LogP contribution is -2.39. The molecule has 1 unspecified atom stereocenters. The summed E-state index contributed by atoms with van der Waals surface area (Å²) in [5.74, 6) is -1.89. The fraction of sp³-hybridized carbons (Fsp3) is 1.00. The van der Waals surface area contributed by atoms with Gasteiger partial charge in [-0.25, -0.2) is 0 Å². The quantitative estimate of drug-likeness (QED) is 0.470. The SMILES string of the molecule is CCCC(O)(O)C(C)O. The van der Waals surface area contributed by atoms with Gasteiger partial charge in [-0.15, -0.1) is 0 Å². The van der Waals surface area contributed by atoms with Crippen molar-refractivity contribution in [1.29, 1.82) is 0 Å². The van der Waals surface area contributed by atoms with Crippen LogP contribution in [0.3, 0.4) is 0 Å². The molecule has 0 aliphatic rings. The molecule has 0 amide bonds. The average Bonchev–Trinajstić information content (AvgIpc) is 1.65. The van der Waals surface area contributed by atoms with Crippen molar-refractivity contribution in [3.63, 3.8) is 0 Å². The molecule has 0 aromatic heterocycles. The van der Waals surface area contributed by atoms with Gasteiger partial charge in [0.1, 0.15) is 6.10 Å². The van der Waals surface area contributed by atoms with Gasteiger partial charge in [0.2, 0.25) is 0 Å². The molecule has 3 nitrogen and oxygen atoms in total. The van der Waals surface area contributed by atoms with Gasteiger partial charge in [-0.05, 0) is 6.92 Å². The Morgan fingerprint density at radius 2 is 1.89 bits per heavy atom. The number of rotatable bonds is 3. The van der Waals surface area contributed by atoms with Crippen molar-refractivity contribution in [1.82, 2.24) is 0 Å². The van der Waals surface area contributed by atoms with Crippen molar-refractivity contribution in [3.05, 3.63) is 0 Å². The van der Waals surface area contributed by atoms with Gasteiger partial charge in [0.25, 0.3) is 0 Å². The summed E-state index contributed by atoms with van der Waals surface area (Å²) in [5, 5.41) is 26.5. The monoisotopic (exact) mass is 134 g/mol. The predicted molar refractivity (Wildman–Crippen MR) is 33.8 cm³/mol. The molecule has 0 rings (SSSR count). The van der Waals surface area contributed by atoms with E-state index in [1.54, 1.807) is 0 Å². The summed E-state index contributed by atoms with van der Waals surface area (Å²) >= 11 is 0. The van der Waals surface area contributed by atoms with Crippen molar-refractivity contribution in [2.24, 2.45) is 0 Å². The number of hydrogen-bond acceptors (Lipinski definition) is 3. The second-order valence-electron chi connectivity index (χ2n) is 2.30. The minimum atomic E-state index is -1.89. The summed E-state index contributed by atoms with van der Waals surface area (Å²) in [7, 11) is 0. The van der Waals surface area contributed by atoms with E-state index >= 15 is 0 Å². The molecule has 3 N–H and O–H groups in total. The standard InChI is InChI=1S/C6H14O3/c1-3-4-6(8,9)5(2)7/h5,7-9H,3-4H2,1-2H3. The largest absolute Gasteiger partial charge is 0.388 e. The zero-order chi connectivity index (χ0) is 7.49. The van der Waals surface area contributed by atoms with Crippen LogP contribution in [0, 0.1) is 0 Å². The van der Waals surface area contributed by atoms with Gasteiger partial charge < -0.3 is 15.3 Å². The molecule has 0 aliphatic heterocycles. The van der Waals surface area contributed by atoms with Crippen LogP contribution in [0.15, 0.2) is 0 Å². The predicted octanol–water partition coefficient (Wildman–Crippen LogP) is -0.152. The second-order valence-corrected chi connectivity index (χ2v) is 2.30. The Kier molecular flexibility index (Phi) is 3.11. The Morgan fingerprint density at radius 3 is 2.00 bits per heavy atom. The van der Waals surface area contributed by atoms with E-state index in [1.165, 1.54) is 6.92 Å². The number of aliphatic hydroxyl groups excluding tert-OH is 1. The van der Waals surface area contributed by atoms with E-state index in [4.69, 9.17) is 15.3 Å². The van der Waals surface area contributed by atoms with Crippen LogP contribution in [0.5, 0.6) is 0 Å². The Bertz CT molecular complexity index is 78.4. The van der Waals surface area contributed by atoms with E-state index in [9.17, 15) is 0 Å². The van der Waals surface area contributed by atoms with E-state index in [0.717, 1.165) is 0 Å². The minimum absolute atomic E-state index is 0.213. The first-order valence-corrected chi connectivity index (χ1v) is 3.13. The molecule has 0 aliphatic carbocycles. The molecule has 0 aromatic carbocycles. The van der Waals surface area contributed by atoms with Gasteiger partial charge in [-0.3, -0.25) is 0 Å². The molecule has 0 saturated heterocycles. The third-order valence-corrected chi connectivity index (χ3v) is 1.29. The summed E-state index contributed by atoms with van der Waals surface area (Å²) < 4.78 is 0. The van der Waals surface area contributed by atoms with Gasteiger partial charge >= 0.3 is 0 Å². The topological polar surface area (TPSA) is 60.7 Å². The molecule has 0 spiro atoms. The Labute approximate surface area is 54.9 Å². The summed E-state index contributed by atoms with van der Waals surface area (Å²) in [4.78, 5) is 0. The average molecular weight is 134 g/mol. The van der Waals surface area contributed by atoms with Crippen LogP contribution >= 0.6 is 0 Å². The molecule has 56 valence electrons. The van der Waals surface area contributed by atoms with Crippen molar-refractivity contribution < 1.29 is 15.3 Å². The van der Waals surface area contributed by atoms with Gasteiger partial charge in [-0.1, -0.05) is 13.3 Å². The molecule has 0 aromatic rings. The normalized spacial score (nSPS) is 15.7. The minimum Gasteiger partial charge on any atom is -0.388 e. The maximum atomic E-state index is 8.90. The Balaban J connectivity index is 3.70. The first-order chi connectivity index (χ1) is 4.00. The Hall–Kier alpha value is -0.120. The van der Waals surface area contributed by atoms with Crippen molar-refractivity contribution >= 4 is 0 Å². The second kappa shape index (κ2) is 3.15. The summed E-state index contributed by atoms with van der Waals surface area (Å²) in [5.41, 5.74) is 0. The van der Waals surface area contributed by atoms with Crippen molar-refractivity contribution in [2.75, 3.05) is 0 Å². The molecule has 9 heavy (non-hydrogen) atoms. The fourth-order valence-electron chi connectivity index (χ4n) is 0.577. The molecule has 0 saturated carbocycles. The van der Waals surface area contributed by atoms with Crippen molar-refractivity contribution in [2.45, 2.75) is 38.6 Å². The maximum absolute atomic E-state index is 8.90. The molecule has 0 radical (unpaired) electrons. The molecule has 0 heterocycles. The van der Waals surface area contributed by atoms with E-state index < -0.39 is 11.9 Å². The van der Waals surface area contributed by atoms with Gasteiger partial charge in [-0.2, -0.15) is 0 Å². The third-order valence-electron chi connectivity index (χ3n) is 1.29. The van der Waals surface area contributed by atoms with Crippen LogP contribution in [0.1, 0.15) is 26.7 Å². The van der Waals surface area contributed by atoms with Crippen LogP contribution < -0.4 is 0 Å². The highest BCUT2D eigenvalue weighted by Gasteiger charge is 2.27. The van der Waals surface area contributed by atoms with Crippen LogP contribution in [0.2, 0.25) is 0 Å². The zero-order valence-corrected chi connectivity index (χ0v) is 5.83. The highest BCUT2D eigenvalue weighted by atomic mass is 16.5. The van der Waals surface area contributed by atoms with E-state index in [0.29, 0.717) is 6.42 Å². The van der Waals surface area contributed by atoms with Crippen molar-refractivity contribution in [3.8, 4) is 0 Å². The number of hydrogen-bond donors (Lipinski definition) is 3. The molecule has 1 atom stereocenters. The van der Waals surface area contributed by atoms with E-state index in [2.05, 4.69) is 0 Å². The lowest BCUT2D eigenvalue weighted by molar-refractivity contribution is -0.223. The van der Waals surface area contributed by atoms with E-state index in [-0.39, 0.29) is 6.42 Å². The Morgan fingerprint density at radius 1 is 1.44 bits per heavy atom. The fourth-order valence-corrected chi connectivity index (χ4v) is 0.577. The first kappa shape index (κ1) is 8.88. The summed E-state index contributed by atoms with van der Waals surface area (Å²) in [6.07, 6.45) is -0.208. The van der Waals surface area contributed by atoms with E-state index in [1.807, 2.05) is 6.92 Å². The third kappa shape index (κ3) is 2.79. The maximum Gasteiger partial charge on any atom is 0.189 e. The molecule has 0 fully saturated rings. The molecular weight excluding hydrogens is 120 g/mol. The van der Waals surface area contributed by atoms with Crippen LogP contribution in [-0.2, 0) is 0 Å². The lowest BCUT2D eigenvalue weighted by Gasteiger charge is -2.23. The van der Waals surface area contributed by atoms with Crippen LogP contribution in [0.4, 0.5) is 0 Å². The smallest absolute Gasteiger partial charge is 0.189 e. The van der Waals surface area contributed by atoms with Crippen LogP contribution in [-0.4, -0.2) is 27.2 Å². The lowest BCUT2D eigenvalue weighted by atomic mass is 10.1. The zero-order valence-electron chi connectivity index (χ0n) is 5.83. The molecule has 3 heteroatoms. The van der Waals surface area contributed by atoms with Crippen LogP contribution in [0.25, 0.3) is 0 Å². The first-order valence-electron chi connectivity index (χ1n) is 3.13. The highest BCUT2D eigenvalue weighted by Crippen LogP contribution is 2.12.